The quantitative estimate of drug-likeness (QED) is 0.410. The van der Waals surface area contributed by atoms with Crippen molar-refractivity contribution in [3.05, 3.63) is 12.7 Å². The first-order valence-corrected chi connectivity index (χ1v) is 10.2. The maximum absolute atomic E-state index is 10.8. The molecule has 87 valence electrons. The van der Waals surface area contributed by atoms with Gasteiger partial charge in [-0.2, -0.15) is 0 Å². The van der Waals surface area contributed by atoms with Crippen molar-refractivity contribution >= 4 is 23.3 Å². The highest BCUT2D eigenvalue weighted by molar-refractivity contribution is 6.79. The molecule has 0 aromatic rings. The van der Waals surface area contributed by atoms with Crippen molar-refractivity contribution in [1.29, 1.82) is 0 Å². The SMILES string of the molecule is C=CC(=O)OC[Si](C)O[Si](C)(C)C(C)C. The topological polar surface area (TPSA) is 35.5 Å². The molecule has 0 aromatic heterocycles. The van der Waals surface area contributed by atoms with Gasteiger partial charge >= 0.3 is 5.97 Å². The van der Waals surface area contributed by atoms with Gasteiger partial charge in [-0.15, -0.1) is 0 Å². The van der Waals surface area contributed by atoms with Crippen LogP contribution in [0.1, 0.15) is 13.8 Å². The fourth-order valence-electron chi connectivity index (χ4n) is 0.828. The second kappa shape index (κ2) is 6.24. The van der Waals surface area contributed by atoms with E-state index in [2.05, 4.69) is 33.5 Å². The Hall–Kier alpha value is -0.396. The minimum atomic E-state index is -1.60. The van der Waals surface area contributed by atoms with Gasteiger partial charge in [0.1, 0.15) is 6.23 Å². The second-order valence-corrected chi connectivity index (χ2v) is 11.2. The highest BCUT2D eigenvalue weighted by Crippen LogP contribution is 2.22. The Bertz CT molecular complexity index is 227. The Morgan fingerprint density at radius 1 is 1.53 bits per heavy atom. The summed E-state index contributed by atoms with van der Waals surface area (Å²) in [5, 5.41) is 0. The summed E-state index contributed by atoms with van der Waals surface area (Å²) in [6, 6.07) is 0. The molecule has 0 aliphatic heterocycles. The van der Waals surface area contributed by atoms with Gasteiger partial charge in [0.15, 0.2) is 8.32 Å². The number of ether oxygens (including phenoxy) is 1. The van der Waals surface area contributed by atoms with Crippen molar-refractivity contribution < 1.29 is 13.6 Å². The van der Waals surface area contributed by atoms with Crippen molar-refractivity contribution in [2.45, 2.75) is 39.0 Å². The molecule has 0 atom stereocenters. The van der Waals surface area contributed by atoms with Gasteiger partial charge in [-0.3, -0.25) is 0 Å². The predicted octanol–water partition coefficient (Wildman–Crippen LogP) is 2.51. The highest BCUT2D eigenvalue weighted by Gasteiger charge is 2.29. The van der Waals surface area contributed by atoms with Crippen LogP contribution in [0.3, 0.4) is 0 Å². The van der Waals surface area contributed by atoms with Crippen LogP contribution in [0, 0.1) is 0 Å². The third-order valence-corrected chi connectivity index (χ3v) is 9.24. The zero-order valence-electron chi connectivity index (χ0n) is 10.3. The number of hydrogen-bond acceptors (Lipinski definition) is 3. The lowest BCUT2D eigenvalue weighted by atomic mass is 10.6. The van der Waals surface area contributed by atoms with E-state index in [-0.39, 0.29) is 5.97 Å². The summed E-state index contributed by atoms with van der Waals surface area (Å²) in [5.74, 6) is -0.369. The van der Waals surface area contributed by atoms with Crippen molar-refractivity contribution in [3.63, 3.8) is 0 Å². The standard InChI is InChI=1S/C10H21O3Si2/c1-7-10(11)12-8-14(4)13-15(5,6)9(2)3/h7,9H,1,8H2,2-6H3. The summed E-state index contributed by atoms with van der Waals surface area (Å²) < 4.78 is 11.0. The Balaban J connectivity index is 3.98. The summed E-state index contributed by atoms with van der Waals surface area (Å²) in [4.78, 5) is 10.8. The monoisotopic (exact) mass is 245 g/mol. The molecule has 0 saturated carbocycles. The van der Waals surface area contributed by atoms with E-state index in [1.54, 1.807) is 0 Å². The molecule has 0 rings (SSSR count). The van der Waals surface area contributed by atoms with Gasteiger partial charge in [0.05, 0.1) is 0 Å². The minimum Gasteiger partial charge on any atom is -0.464 e. The smallest absolute Gasteiger partial charge is 0.329 e. The van der Waals surface area contributed by atoms with E-state index < -0.39 is 17.4 Å². The number of hydrogen-bond donors (Lipinski definition) is 0. The van der Waals surface area contributed by atoms with Crippen LogP contribution in [-0.4, -0.2) is 29.6 Å². The van der Waals surface area contributed by atoms with Gasteiger partial charge in [0.2, 0.25) is 9.04 Å². The van der Waals surface area contributed by atoms with E-state index >= 15 is 0 Å². The molecule has 0 spiro atoms. The molecule has 0 saturated heterocycles. The first-order valence-electron chi connectivity index (χ1n) is 5.10. The Morgan fingerprint density at radius 2 is 2.07 bits per heavy atom. The average molecular weight is 245 g/mol. The fraction of sp³-hybridized carbons (Fsp3) is 0.700. The maximum Gasteiger partial charge on any atom is 0.329 e. The number of carbonyl (C=O) groups excluding carboxylic acids is 1. The van der Waals surface area contributed by atoms with Crippen molar-refractivity contribution in [2.75, 3.05) is 6.23 Å². The summed E-state index contributed by atoms with van der Waals surface area (Å²) >= 11 is 0. The lowest BCUT2D eigenvalue weighted by molar-refractivity contribution is -0.136. The molecular formula is C10H21O3Si2. The molecule has 0 unspecified atom stereocenters. The van der Waals surface area contributed by atoms with Crippen LogP contribution in [0.25, 0.3) is 0 Å². The maximum atomic E-state index is 10.8. The van der Waals surface area contributed by atoms with E-state index in [4.69, 9.17) is 8.85 Å². The first-order chi connectivity index (χ1) is 6.79. The second-order valence-electron chi connectivity index (χ2n) is 4.37. The lowest BCUT2D eigenvalue weighted by Gasteiger charge is -2.30. The molecule has 5 heteroatoms. The van der Waals surface area contributed by atoms with Crippen LogP contribution in [0.5, 0.6) is 0 Å². The van der Waals surface area contributed by atoms with E-state index in [0.717, 1.165) is 0 Å². The van der Waals surface area contributed by atoms with E-state index in [9.17, 15) is 4.79 Å². The molecular weight excluding hydrogens is 224 g/mol. The van der Waals surface area contributed by atoms with Gasteiger partial charge in [0.25, 0.3) is 0 Å². The molecule has 0 amide bonds. The van der Waals surface area contributed by atoms with E-state index in [0.29, 0.717) is 11.8 Å². The van der Waals surface area contributed by atoms with Crippen LogP contribution in [0.15, 0.2) is 12.7 Å². The zero-order chi connectivity index (χ0) is 12.1. The normalized spacial score (nSPS) is 11.9. The Kier molecular flexibility index (Phi) is 6.08. The number of esters is 1. The zero-order valence-corrected chi connectivity index (χ0v) is 12.3. The van der Waals surface area contributed by atoms with Gasteiger partial charge in [-0.25, -0.2) is 4.79 Å². The summed E-state index contributed by atoms with van der Waals surface area (Å²) in [5.41, 5.74) is 0.576. The average Bonchev–Trinajstić information content (AvgIpc) is 2.13. The van der Waals surface area contributed by atoms with E-state index in [1.807, 2.05) is 6.55 Å². The molecule has 0 heterocycles. The van der Waals surface area contributed by atoms with E-state index in [1.165, 1.54) is 6.08 Å². The number of carbonyl (C=O) groups is 1. The van der Waals surface area contributed by atoms with Crippen molar-refractivity contribution in [1.82, 2.24) is 0 Å². The number of rotatable bonds is 6. The van der Waals surface area contributed by atoms with Crippen molar-refractivity contribution in [3.8, 4) is 0 Å². The molecule has 15 heavy (non-hydrogen) atoms. The molecule has 0 N–H and O–H groups in total. The fourth-order valence-corrected chi connectivity index (χ4v) is 5.94. The van der Waals surface area contributed by atoms with Crippen LogP contribution >= 0.6 is 0 Å². The molecule has 0 aliphatic rings. The molecule has 0 bridgehead atoms. The Labute approximate surface area is 95.3 Å². The van der Waals surface area contributed by atoms with Crippen molar-refractivity contribution in [2.24, 2.45) is 0 Å². The summed E-state index contributed by atoms with van der Waals surface area (Å²) in [6.07, 6.45) is 1.58. The van der Waals surface area contributed by atoms with Gasteiger partial charge in [-0.1, -0.05) is 20.4 Å². The molecule has 0 aliphatic carbocycles. The van der Waals surface area contributed by atoms with Crippen LogP contribution in [0.2, 0.25) is 25.2 Å². The summed E-state index contributed by atoms with van der Waals surface area (Å²) in [7, 11) is -2.62. The lowest BCUT2D eigenvalue weighted by Crippen LogP contribution is -2.41. The predicted molar refractivity (Wildman–Crippen MR) is 66.4 cm³/mol. The molecule has 1 radical (unpaired) electrons. The summed E-state index contributed by atoms with van der Waals surface area (Å²) in [6.45, 7) is 14.1. The van der Waals surface area contributed by atoms with Crippen LogP contribution in [-0.2, 0) is 13.6 Å². The third kappa shape index (κ3) is 5.91. The largest absolute Gasteiger partial charge is 0.464 e. The molecule has 3 nitrogen and oxygen atoms in total. The first kappa shape index (κ1) is 14.6. The van der Waals surface area contributed by atoms with Gasteiger partial charge in [-0.05, 0) is 25.2 Å². The highest BCUT2D eigenvalue weighted by atomic mass is 28.4. The third-order valence-electron chi connectivity index (χ3n) is 2.41. The molecule has 0 fully saturated rings. The Morgan fingerprint density at radius 3 is 2.47 bits per heavy atom. The minimum absolute atomic E-state index is 0.369. The molecule has 0 aromatic carbocycles. The van der Waals surface area contributed by atoms with Gasteiger partial charge < -0.3 is 8.85 Å². The van der Waals surface area contributed by atoms with Crippen LogP contribution in [0.4, 0.5) is 0 Å². The van der Waals surface area contributed by atoms with Gasteiger partial charge in [0, 0.05) is 6.08 Å². The van der Waals surface area contributed by atoms with Crippen LogP contribution < -0.4 is 0 Å².